The Morgan fingerprint density at radius 3 is 2.17 bits per heavy atom. The summed E-state index contributed by atoms with van der Waals surface area (Å²) < 4.78 is 27.4. The molecule has 0 bridgehead atoms. The van der Waals surface area contributed by atoms with Crippen molar-refractivity contribution in [1.82, 2.24) is 9.21 Å². The van der Waals surface area contributed by atoms with E-state index in [9.17, 15) is 13.2 Å². The molecule has 1 fully saturated rings. The van der Waals surface area contributed by atoms with E-state index in [4.69, 9.17) is 0 Å². The van der Waals surface area contributed by atoms with Gasteiger partial charge in [0.2, 0.25) is 10.0 Å². The van der Waals surface area contributed by atoms with Gasteiger partial charge in [0.25, 0.3) is 5.91 Å². The minimum atomic E-state index is -3.56. The Balaban J connectivity index is 1.70. The minimum Gasteiger partial charge on any atom is -0.339 e. The molecule has 156 valence electrons. The van der Waals surface area contributed by atoms with E-state index in [1.165, 1.54) is 4.31 Å². The maximum Gasteiger partial charge on any atom is 0.253 e. The van der Waals surface area contributed by atoms with E-state index in [0.717, 1.165) is 37.1 Å². The molecule has 0 N–H and O–H groups in total. The summed E-state index contributed by atoms with van der Waals surface area (Å²) in [6.45, 7) is 8.26. The quantitative estimate of drug-likeness (QED) is 0.716. The first-order valence-corrected chi connectivity index (χ1v) is 11.7. The van der Waals surface area contributed by atoms with Gasteiger partial charge in [0.1, 0.15) is 0 Å². The first-order valence-electron chi connectivity index (χ1n) is 10.3. The summed E-state index contributed by atoms with van der Waals surface area (Å²) in [6, 6.07) is 14.2. The molecule has 0 spiro atoms. The SMILES string of the molecule is CCN(Cc1ccc(C(=O)N2CCC(C)CC2)cc1)S(=O)(=O)c1ccc(C)cc1. The van der Waals surface area contributed by atoms with Crippen LogP contribution >= 0.6 is 0 Å². The number of rotatable bonds is 6. The average molecular weight is 415 g/mol. The standard InChI is InChI=1S/C23H30N2O3S/c1-4-25(29(27,28)22-11-5-18(2)6-12-22)17-20-7-9-21(10-8-20)23(26)24-15-13-19(3)14-16-24/h5-12,19H,4,13-17H2,1-3H3. The van der Waals surface area contributed by atoms with Crippen molar-refractivity contribution < 1.29 is 13.2 Å². The molecule has 1 aliphatic heterocycles. The topological polar surface area (TPSA) is 57.7 Å². The third-order valence-corrected chi connectivity index (χ3v) is 7.58. The second-order valence-electron chi connectivity index (χ2n) is 7.92. The van der Waals surface area contributed by atoms with Crippen molar-refractivity contribution in [2.75, 3.05) is 19.6 Å². The predicted octanol–water partition coefficient (Wildman–Crippen LogP) is 4.08. The Kier molecular flexibility index (Phi) is 6.75. The lowest BCUT2D eigenvalue weighted by Crippen LogP contribution is -2.37. The van der Waals surface area contributed by atoms with Gasteiger partial charge in [-0.25, -0.2) is 8.42 Å². The summed E-state index contributed by atoms with van der Waals surface area (Å²) >= 11 is 0. The van der Waals surface area contributed by atoms with Crippen LogP contribution in [0.4, 0.5) is 0 Å². The van der Waals surface area contributed by atoms with Crippen LogP contribution in [-0.4, -0.2) is 43.2 Å². The lowest BCUT2D eigenvalue weighted by Gasteiger charge is -2.30. The summed E-state index contributed by atoms with van der Waals surface area (Å²) in [5.74, 6) is 0.736. The molecule has 0 saturated carbocycles. The zero-order valence-corrected chi connectivity index (χ0v) is 18.3. The monoisotopic (exact) mass is 414 g/mol. The van der Waals surface area contributed by atoms with Gasteiger partial charge in [-0.3, -0.25) is 4.79 Å². The highest BCUT2D eigenvalue weighted by atomic mass is 32.2. The third kappa shape index (κ3) is 5.06. The second kappa shape index (κ2) is 9.09. The van der Waals surface area contributed by atoms with Gasteiger partial charge < -0.3 is 4.90 Å². The predicted molar refractivity (Wildman–Crippen MR) is 115 cm³/mol. The summed E-state index contributed by atoms with van der Waals surface area (Å²) in [7, 11) is -3.56. The van der Waals surface area contributed by atoms with Gasteiger partial charge in [-0.15, -0.1) is 0 Å². The smallest absolute Gasteiger partial charge is 0.253 e. The molecule has 5 nitrogen and oxygen atoms in total. The summed E-state index contributed by atoms with van der Waals surface area (Å²) in [6.07, 6.45) is 2.10. The third-order valence-electron chi connectivity index (χ3n) is 5.64. The van der Waals surface area contributed by atoms with Crippen molar-refractivity contribution >= 4 is 15.9 Å². The molecule has 2 aromatic rings. The van der Waals surface area contributed by atoms with Crippen LogP contribution in [-0.2, 0) is 16.6 Å². The Labute approximate surface area is 174 Å². The largest absolute Gasteiger partial charge is 0.339 e. The van der Waals surface area contributed by atoms with Crippen LogP contribution in [0.15, 0.2) is 53.4 Å². The van der Waals surface area contributed by atoms with Crippen LogP contribution in [0.25, 0.3) is 0 Å². The van der Waals surface area contributed by atoms with Crippen molar-refractivity contribution in [3.05, 3.63) is 65.2 Å². The lowest BCUT2D eigenvalue weighted by atomic mass is 9.98. The molecule has 0 unspecified atom stereocenters. The van der Waals surface area contributed by atoms with Crippen LogP contribution < -0.4 is 0 Å². The number of carbonyl (C=O) groups excluding carboxylic acids is 1. The van der Waals surface area contributed by atoms with Crippen molar-refractivity contribution in [2.24, 2.45) is 5.92 Å². The van der Waals surface area contributed by atoms with Gasteiger partial charge in [-0.1, -0.05) is 43.7 Å². The molecule has 3 rings (SSSR count). The maximum absolute atomic E-state index is 13.0. The normalized spacial score (nSPS) is 15.7. The Bertz CT molecular complexity index is 929. The fraction of sp³-hybridized carbons (Fsp3) is 0.435. The Morgan fingerprint density at radius 2 is 1.62 bits per heavy atom. The number of carbonyl (C=O) groups is 1. The van der Waals surface area contributed by atoms with E-state index in [2.05, 4.69) is 6.92 Å². The highest BCUT2D eigenvalue weighted by Gasteiger charge is 2.24. The van der Waals surface area contributed by atoms with E-state index >= 15 is 0 Å². The summed E-state index contributed by atoms with van der Waals surface area (Å²) in [5, 5.41) is 0. The molecule has 0 atom stereocenters. The van der Waals surface area contributed by atoms with Gasteiger partial charge in [0.05, 0.1) is 4.90 Å². The zero-order chi connectivity index (χ0) is 21.0. The number of sulfonamides is 1. The Morgan fingerprint density at radius 1 is 1.03 bits per heavy atom. The molecule has 1 heterocycles. The lowest BCUT2D eigenvalue weighted by molar-refractivity contribution is 0.0697. The summed E-state index contributed by atoms with van der Waals surface area (Å²) in [5.41, 5.74) is 2.55. The van der Waals surface area contributed by atoms with Crippen LogP contribution in [0, 0.1) is 12.8 Å². The van der Waals surface area contributed by atoms with E-state index in [1.807, 2.05) is 55.1 Å². The van der Waals surface area contributed by atoms with Crippen molar-refractivity contribution in [3.63, 3.8) is 0 Å². The number of aryl methyl sites for hydroxylation is 1. The van der Waals surface area contributed by atoms with Gasteiger partial charge >= 0.3 is 0 Å². The molecule has 1 saturated heterocycles. The number of nitrogens with zero attached hydrogens (tertiary/aromatic N) is 2. The molecule has 29 heavy (non-hydrogen) atoms. The van der Waals surface area contributed by atoms with Crippen LogP contribution in [0.5, 0.6) is 0 Å². The average Bonchev–Trinajstić information content (AvgIpc) is 2.72. The molecule has 0 aromatic heterocycles. The van der Waals surface area contributed by atoms with E-state index < -0.39 is 10.0 Å². The van der Waals surface area contributed by atoms with E-state index in [1.54, 1.807) is 12.1 Å². The molecule has 0 radical (unpaired) electrons. The van der Waals surface area contributed by atoms with E-state index in [-0.39, 0.29) is 12.5 Å². The number of hydrogen-bond donors (Lipinski definition) is 0. The highest BCUT2D eigenvalue weighted by molar-refractivity contribution is 7.89. The van der Waals surface area contributed by atoms with Gasteiger partial charge in [-0.05, 0) is 55.5 Å². The molecular weight excluding hydrogens is 384 g/mol. The number of likely N-dealkylation sites (tertiary alicyclic amines) is 1. The molecule has 1 amide bonds. The van der Waals surface area contributed by atoms with Gasteiger partial charge in [0, 0.05) is 31.7 Å². The molecule has 2 aromatic carbocycles. The number of benzene rings is 2. The highest BCUT2D eigenvalue weighted by Crippen LogP contribution is 2.21. The van der Waals surface area contributed by atoms with Crippen molar-refractivity contribution in [1.29, 1.82) is 0 Å². The van der Waals surface area contributed by atoms with Crippen LogP contribution in [0.3, 0.4) is 0 Å². The van der Waals surface area contributed by atoms with Crippen LogP contribution in [0.1, 0.15) is 48.2 Å². The van der Waals surface area contributed by atoms with Gasteiger partial charge in [-0.2, -0.15) is 4.31 Å². The summed E-state index contributed by atoms with van der Waals surface area (Å²) in [4.78, 5) is 14.9. The van der Waals surface area contributed by atoms with Crippen molar-refractivity contribution in [3.8, 4) is 0 Å². The fourth-order valence-electron chi connectivity index (χ4n) is 3.58. The number of piperidine rings is 1. The van der Waals surface area contributed by atoms with Crippen LogP contribution in [0.2, 0.25) is 0 Å². The zero-order valence-electron chi connectivity index (χ0n) is 17.5. The maximum atomic E-state index is 13.0. The minimum absolute atomic E-state index is 0.0584. The van der Waals surface area contributed by atoms with Gasteiger partial charge in [0.15, 0.2) is 0 Å². The molecule has 0 aliphatic carbocycles. The molecule has 1 aliphatic rings. The Hall–Kier alpha value is -2.18. The first-order chi connectivity index (χ1) is 13.8. The van der Waals surface area contributed by atoms with E-state index in [0.29, 0.717) is 22.9 Å². The molecular formula is C23H30N2O3S. The number of amides is 1. The van der Waals surface area contributed by atoms with Crippen molar-refractivity contribution in [2.45, 2.75) is 45.1 Å². The molecule has 6 heteroatoms. The number of hydrogen-bond acceptors (Lipinski definition) is 3. The second-order valence-corrected chi connectivity index (χ2v) is 9.85. The first kappa shape index (κ1) is 21.5. The fourth-order valence-corrected chi connectivity index (χ4v) is 5.01.